The minimum absolute atomic E-state index is 0.0841. The van der Waals surface area contributed by atoms with E-state index < -0.39 is 0 Å². The Morgan fingerprint density at radius 1 is 0.737 bits per heavy atom. The number of rotatable bonds is 2. The third kappa shape index (κ3) is 3.16. The van der Waals surface area contributed by atoms with Gasteiger partial charge in [0.15, 0.2) is 0 Å². The van der Waals surface area contributed by atoms with E-state index in [0.29, 0.717) is 17.3 Å². The first-order valence-electron chi connectivity index (χ1n) is 8.18. The van der Waals surface area contributed by atoms with Crippen molar-refractivity contribution in [2.45, 2.75) is 78.4 Å². The highest BCUT2D eigenvalue weighted by atomic mass is 16.3. The largest absolute Gasteiger partial charge is 0.393 e. The SMILES string of the molecule is CC1CC(C(C)(C)C2CCC(O)C(C)C2)CCC1O. The zero-order chi connectivity index (χ0) is 14.2. The van der Waals surface area contributed by atoms with E-state index in [1.165, 1.54) is 25.7 Å². The first kappa shape index (κ1) is 15.3. The molecule has 0 radical (unpaired) electrons. The van der Waals surface area contributed by atoms with Crippen LogP contribution in [0.2, 0.25) is 0 Å². The fraction of sp³-hybridized carbons (Fsp3) is 1.00. The Kier molecular flexibility index (Phi) is 4.62. The molecular formula is C17H32O2. The van der Waals surface area contributed by atoms with Crippen LogP contribution < -0.4 is 0 Å². The Hall–Kier alpha value is -0.0800. The van der Waals surface area contributed by atoms with E-state index in [-0.39, 0.29) is 12.2 Å². The first-order chi connectivity index (χ1) is 8.82. The van der Waals surface area contributed by atoms with Crippen LogP contribution in [0.3, 0.4) is 0 Å². The van der Waals surface area contributed by atoms with Gasteiger partial charge in [0.25, 0.3) is 0 Å². The topological polar surface area (TPSA) is 40.5 Å². The van der Waals surface area contributed by atoms with Crippen molar-refractivity contribution in [3.63, 3.8) is 0 Å². The van der Waals surface area contributed by atoms with Gasteiger partial charge in [-0.2, -0.15) is 0 Å². The molecule has 0 aromatic rings. The Morgan fingerprint density at radius 3 is 1.42 bits per heavy atom. The summed E-state index contributed by atoms with van der Waals surface area (Å²) < 4.78 is 0. The van der Waals surface area contributed by atoms with Crippen LogP contribution in [0.25, 0.3) is 0 Å². The van der Waals surface area contributed by atoms with Crippen molar-refractivity contribution in [3.05, 3.63) is 0 Å². The normalized spacial score (nSPS) is 45.2. The molecule has 2 fully saturated rings. The highest BCUT2D eigenvalue weighted by Crippen LogP contribution is 2.50. The summed E-state index contributed by atoms with van der Waals surface area (Å²) in [6, 6.07) is 0. The summed E-state index contributed by atoms with van der Waals surface area (Å²) in [6.45, 7) is 9.24. The minimum atomic E-state index is -0.0841. The van der Waals surface area contributed by atoms with Crippen molar-refractivity contribution in [3.8, 4) is 0 Å². The lowest BCUT2D eigenvalue weighted by Gasteiger charge is -2.48. The molecule has 112 valence electrons. The zero-order valence-corrected chi connectivity index (χ0v) is 13.1. The van der Waals surface area contributed by atoms with Crippen molar-refractivity contribution in [2.24, 2.45) is 29.1 Å². The lowest BCUT2D eigenvalue weighted by atomic mass is 9.58. The van der Waals surface area contributed by atoms with Crippen molar-refractivity contribution in [1.29, 1.82) is 0 Å². The van der Waals surface area contributed by atoms with Crippen LogP contribution in [0.4, 0.5) is 0 Å². The van der Waals surface area contributed by atoms with Gasteiger partial charge in [-0.3, -0.25) is 0 Å². The van der Waals surface area contributed by atoms with E-state index in [9.17, 15) is 10.2 Å². The van der Waals surface area contributed by atoms with Crippen LogP contribution in [0.15, 0.2) is 0 Å². The maximum atomic E-state index is 9.92. The highest BCUT2D eigenvalue weighted by molar-refractivity contribution is 4.93. The molecule has 0 bridgehead atoms. The van der Waals surface area contributed by atoms with Gasteiger partial charge >= 0.3 is 0 Å². The summed E-state index contributed by atoms with van der Waals surface area (Å²) in [4.78, 5) is 0. The average molecular weight is 268 g/mol. The van der Waals surface area contributed by atoms with E-state index in [1.54, 1.807) is 0 Å². The van der Waals surface area contributed by atoms with Crippen LogP contribution in [0.1, 0.15) is 66.2 Å². The smallest absolute Gasteiger partial charge is 0.0566 e. The van der Waals surface area contributed by atoms with Crippen molar-refractivity contribution < 1.29 is 10.2 Å². The first-order valence-corrected chi connectivity index (χ1v) is 8.18. The average Bonchev–Trinajstić information content (AvgIpc) is 2.35. The molecule has 2 saturated carbocycles. The fourth-order valence-corrected chi connectivity index (χ4v) is 4.45. The molecule has 0 amide bonds. The van der Waals surface area contributed by atoms with Gasteiger partial charge in [-0.15, -0.1) is 0 Å². The van der Waals surface area contributed by atoms with Crippen LogP contribution in [-0.4, -0.2) is 22.4 Å². The lowest BCUT2D eigenvalue weighted by molar-refractivity contribution is -0.0334. The Labute approximate surface area is 118 Å². The summed E-state index contributed by atoms with van der Waals surface area (Å²) in [5.41, 5.74) is 0.350. The molecule has 2 aliphatic carbocycles. The highest BCUT2D eigenvalue weighted by Gasteiger charge is 2.43. The van der Waals surface area contributed by atoms with E-state index >= 15 is 0 Å². The predicted octanol–water partition coefficient (Wildman–Crippen LogP) is 3.61. The number of hydrogen-bond donors (Lipinski definition) is 2. The van der Waals surface area contributed by atoms with Gasteiger partial charge in [-0.25, -0.2) is 0 Å². The molecule has 0 aromatic heterocycles. The van der Waals surface area contributed by atoms with Gasteiger partial charge in [0.2, 0.25) is 0 Å². The minimum Gasteiger partial charge on any atom is -0.393 e. The number of aliphatic hydroxyl groups is 2. The van der Waals surface area contributed by atoms with Gasteiger partial charge in [0, 0.05) is 0 Å². The molecule has 2 heteroatoms. The van der Waals surface area contributed by atoms with Gasteiger partial charge in [-0.1, -0.05) is 27.7 Å². The van der Waals surface area contributed by atoms with Gasteiger partial charge in [0.1, 0.15) is 0 Å². The van der Waals surface area contributed by atoms with Gasteiger partial charge in [0.05, 0.1) is 12.2 Å². The summed E-state index contributed by atoms with van der Waals surface area (Å²) in [7, 11) is 0. The maximum absolute atomic E-state index is 9.92. The number of hydrogen-bond acceptors (Lipinski definition) is 2. The molecular weight excluding hydrogens is 236 g/mol. The summed E-state index contributed by atoms with van der Waals surface area (Å²) in [6.07, 6.45) is 6.46. The van der Waals surface area contributed by atoms with E-state index in [1.807, 2.05) is 0 Å². The van der Waals surface area contributed by atoms with Crippen LogP contribution in [-0.2, 0) is 0 Å². The van der Waals surface area contributed by atoms with Crippen LogP contribution >= 0.6 is 0 Å². The quantitative estimate of drug-likeness (QED) is 0.803. The van der Waals surface area contributed by atoms with E-state index in [0.717, 1.165) is 24.7 Å². The van der Waals surface area contributed by atoms with Gasteiger partial charge < -0.3 is 10.2 Å². The van der Waals surface area contributed by atoms with Crippen molar-refractivity contribution >= 4 is 0 Å². The molecule has 2 N–H and O–H groups in total. The summed E-state index contributed by atoms with van der Waals surface area (Å²) in [5.74, 6) is 2.37. The van der Waals surface area contributed by atoms with Crippen LogP contribution in [0.5, 0.6) is 0 Å². The van der Waals surface area contributed by atoms with E-state index in [4.69, 9.17) is 0 Å². The second-order valence-corrected chi connectivity index (χ2v) is 7.93. The summed E-state index contributed by atoms with van der Waals surface area (Å²) >= 11 is 0. The van der Waals surface area contributed by atoms with Crippen molar-refractivity contribution in [2.75, 3.05) is 0 Å². The Morgan fingerprint density at radius 2 is 1.11 bits per heavy atom. The predicted molar refractivity (Wildman–Crippen MR) is 78.8 cm³/mol. The third-order valence-corrected chi connectivity index (χ3v) is 6.35. The molecule has 2 aliphatic rings. The number of aliphatic hydroxyl groups excluding tert-OH is 2. The molecule has 6 atom stereocenters. The van der Waals surface area contributed by atoms with Crippen molar-refractivity contribution in [1.82, 2.24) is 0 Å². The molecule has 0 heterocycles. The molecule has 0 aliphatic heterocycles. The monoisotopic (exact) mass is 268 g/mol. The second kappa shape index (κ2) is 5.73. The molecule has 0 aromatic carbocycles. The maximum Gasteiger partial charge on any atom is 0.0566 e. The summed E-state index contributed by atoms with van der Waals surface area (Å²) in [5, 5.41) is 19.8. The molecule has 0 spiro atoms. The molecule has 2 rings (SSSR count). The molecule has 0 saturated heterocycles. The van der Waals surface area contributed by atoms with Crippen LogP contribution in [0, 0.1) is 29.1 Å². The molecule has 19 heavy (non-hydrogen) atoms. The third-order valence-electron chi connectivity index (χ3n) is 6.35. The Balaban J connectivity index is 2.01. The lowest BCUT2D eigenvalue weighted by Crippen LogP contribution is -2.42. The molecule has 6 unspecified atom stereocenters. The van der Waals surface area contributed by atoms with Gasteiger partial charge in [-0.05, 0) is 67.6 Å². The second-order valence-electron chi connectivity index (χ2n) is 7.93. The molecule has 2 nitrogen and oxygen atoms in total. The Bertz CT molecular complexity index is 272. The fourth-order valence-electron chi connectivity index (χ4n) is 4.45. The van der Waals surface area contributed by atoms with E-state index in [2.05, 4.69) is 27.7 Å². The standard InChI is InChI=1S/C17H32O2/c1-11-9-13(5-7-15(11)18)17(3,4)14-6-8-16(19)12(2)10-14/h11-16,18-19H,5-10H2,1-4H3. The zero-order valence-electron chi connectivity index (χ0n) is 13.1.